The van der Waals surface area contributed by atoms with Crippen LogP contribution in [0.4, 0.5) is 5.69 Å². The Hall–Kier alpha value is -1.88. The van der Waals surface area contributed by atoms with Gasteiger partial charge in [0.1, 0.15) is 11.3 Å². The van der Waals surface area contributed by atoms with E-state index in [1.54, 1.807) is 12.1 Å². The quantitative estimate of drug-likeness (QED) is 0.510. The van der Waals surface area contributed by atoms with Gasteiger partial charge in [-0.2, -0.15) is 0 Å². The maximum atomic E-state index is 12.0. The van der Waals surface area contributed by atoms with Gasteiger partial charge in [-0.3, -0.25) is 0 Å². The Morgan fingerprint density at radius 2 is 1.81 bits per heavy atom. The second-order valence-corrected chi connectivity index (χ2v) is 7.37. The Morgan fingerprint density at radius 3 is 2.50 bits per heavy atom. The van der Waals surface area contributed by atoms with Crippen LogP contribution in [0.25, 0.3) is 11.0 Å². The first-order valence-electron chi connectivity index (χ1n) is 8.08. The third-order valence-electron chi connectivity index (χ3n) is 4.43. The molecule has 1 aliphatic heterocycles. The number of hydrogen-bond donors (Lipinski definition) is 0. The molecule has 26 heavy (non-hydrogen) atoms. The molecule has 4 rings (SSSR count). The van der Waals surface area contributed by atoms with Crippen molar-refractivity contribution in [3.8, 4) is 5.75 Å². The molecule has 1 aliphatic rings. The first-order chi connectivity index (χ1) is 12.5. The summed E-state index contributed by atoms with van der Waals surface area (Å²) >= 11 is 18.7. The molecule has 0 spiro atoms. The van der Waals surface area contributed by atoms with Crippen molar-refractivity contribution in [2.75, 3.05) is 11.6 Å². The number of nitrogens with zero attached hydrogens (tertiary/aromatic N) is 1. The van der Waals surface area contributed by atoms with Crippen LogP contribution in [0, 0.1) is 0 Å². The maximum Gasteiger partial charge on any atom is 0.336 e. The summed E-state index contributed by atoms with van der Waals surface area (Å²) in [4.78, 5) is 13.9. The molecule has 1 aromatic heterocycles. The fourth-order valence-electron chi connectivity index (χ4n) is 3.23. The Kier molecular flexibility index (Phi) is 4.51. The van der Waals surface area contributed by atoms with Gasteiger partial charge in [0.2, 0.25) is 0 Å². The number of fused-ring (bicyclic) bond motifs is 3. The van der Waals surface area contributed by atoms with Gasteiger partial charge in [0.25, 0.3) is 0 Å². The van der Waals surface area contributed by atoms with Crippen LogP contribution in [-0.2, 0) is 13.0 Å². The molecular weight excluding hydrogens is 397 g/mol. The lowest BCUT2D eigenvalue weighted by Crippen LogP contribution is -2.32. The smallest absolute Gasteiger partial charge is 0.336 e. The molecule has 0 aliphatic carbocycles. The predicted molar refractivity (Wildman–Crippen MR) is 105 cm³/mol. The molecule has 0 saturated carbocycles. The summed E-state index contributed by atoms with van der Waals surface area (Å²) < 4.78 is 11.4. The minimum atomic E-state index is -0.387. The van der Waals surface area contributed by atoms with Crippen LogP contribution >= 0.6 is 34.8 Å². The zero-order chi connectivity index (χ0) is 18.4. The van der Waals surface area contributed by atoms with E-state index in [0.717, 1.165) is 22.2 Å². The number of rotatable bonds is 2. The molecule has 0 amide bonds. The monoisotopic (exact) mass is 409 g/mol. The Balaban J connectivity index is 1.89. The minimum Gasteiger partial charge on any atom is -0.471 e. The Labute approximate surface area is 164 Å². The summed E-state index contributed by atoms with van der Waals surface area (Å²) in [6.07, 6.45) is 0.700. The van der Waals surface area contributed by atoms with Gasteiger partial charge in [0.05, 0.1) is 17.1 Å². The van der Waals surface area contributed by atoms with Crippen LogP contribution in [0.3, 0.4) is 0 Å². The van der Waals surface area contributed by atoms with E-state index in [1.807, 2.05) is 24.0 Å². The molecule has 0 fully saturated rings. The van der Waals surface area contributed by atoms with Crippen molar-refractivity contribution < 1.29 is 9.15 Å². The van der Waals surface area contributed by atoms with Crippen LogP contribution in [0.5, 0.6) is 5.75 Å². The van der Waals surface area contributed by atoms with E-state index in [1.165, 1.54) is 6.07 Å². The summed E-state index contributed by atoms with van der Waals surface area (Å²) in [5, 5.41) is 2.40. The van der Waals surface area contributed by atoms with Gasteiger partial charge < -0.3 is 14.1 Å². The summed E-state index contributed by atoms with van der Waals surface area (Å²) in [6.45, 7) is 2.73. The molecular formula is C19H14Cl3NO3. The second kappa shape index (κ2) is 6.69. The van der Waals surface area contributed by atoms with E-state index in [2.05, 4.69) is 0 Å². The molecule has 4 nitrogen and oxygen atoms in total. The second-order valence-electron chi connectivity index (χ2n) is 6.09. The molecule has 7 heteroatoms. The summed E-state index contributed by atoms with van der Waals surface area (Å²) in [5.74, 6) is 0.542. The summed E-state index contributed by atoms with van der Waals surface area (Å²) in [6, 6.07) is 8.58. The lowest BCUT2D eigenvalue weighted by atomic mass is 10.0. The third kappa shape index (κ3) is 3.02. The highest BCUT2D eigenvalue weighted by molar-refractivity contribution is 6.35. The van der Waals surface area contributed by atoms with Gasteiger partial charge in [0, 0.05) is 27.2 Å². The Bertz CT molecular complexity index is 1060. The molecule has 0 radical (unpaired) electrons. The fraction of sp³-hybridized carbons (Fsp3) is 0.211. The van der Waals surface area contributed by atoms with E-state index in [9.17, 15) is 4.79 Å². The highest BCUT2D eigenvalue weighted by Gasteiger charge is 2.25. The van der Waals surface area contributed by atoms with Crippen molar-refractivity contribution in [3.05, 3.63) is 66.9 Å². The van der Waals surface area contributed by atoms with Gasteiger partial charge in [0.15, 0.2) is 6.73 Å². The third-order valence-corrected chi connectivity index (χ3v) is 5.15. The molecule has 134 valence electrons. The van der Waals surface area contributed by atoms with Gasteiger partial charge >= 0.3 is 5.63 Å². The standard InChI is InChI=1S/C19H14Cl3NO3/c1-2-10-3-17(24)26-18-14(10)7-16(22)19-15(18)8-23(9-25-19)13-5-11(20)4-12(21)6-13/h3-7H,2,8-9H2,1H3. The van der Waals surface area contributed by atoms with Gasteiger partial charge in [-0.25, -0.2) is 4.79 Å². The lowest BCUT2D eigenvalue weighted by molar-refractivity contribution is 0.289. The molecule has 0 saturated heterocycles. The van der Waals surface area contributed by atoms with E-state index in [-0.39, 0.29) is 12.4 Å². The van der Waals surface area contributed by atoms with E-state index >= 15 is 0 Å². The van der Waals surface area contributed by atoms with Crippen LogP contribution in [0.15, 0.2) is 39.5 Å². The SMILES string of the molecule is CCc1cc(=O)oc2c3c(c(Cl)cc12)OCN(c1cc(Cl)cc(Cl)c1)C3. The van der Waals surface area contributed by atoms with Crippen molar-refractivity contribution in [3.63, 3.8) is 0 Å². The van der Waals surface area contributed by atoms with Crippen molar-refractivity contribution in [2.24, 2.45) is 0 Å². The average molecular weight is 411 g/mol. The number of hydrogen-bond acceptors (Lipinski definition) is 4. The number of benzene rings is 2. The average Bonchev–Trinajstić information content (AvgIpc) is 2.61. The van der Waals surface area contributed by atoms with Gasteiger partial charge in [-0.1, -0.05) is 41.7 Å². The minimum absolute atomic E-state index is 0.284. The first kappa shape index (κ1) is 17.5. The molecule has 2 aromatic carbocycles. The first-order valence-corrected chi connectivity index (χ1v) is 9.21. The molecule has 2 heterocycles. The lowest BCUT2D eigenvalue weighted by Gasteiger charge is -2.31. The molecule has 0 N–H and O–H groups in total. The fourth-order valence-corrected chi connectivity index (χ4v) is 4.02. The number of ether oxygens (including phenoxy) is 1. The predicted octanol–water partition coefficient (Wildman–Crippen LogP) is 5.67. The number of halogens is 3. The van der Waals surface area contributed by atoms with Crippen LogP contribution in [0.1, 0.15) is 18.1 Å². The largest absolute Gasteiger partial charge is 0.471 e. The van der Waals surface area contributed by atoms with Gasteiger partial charge in [-0.15, -0.1) is 0 Å². The van der Waals surface area contributed by atoms with E-state index in [0.29, 0.717) is 39.4 Å². The van der Waals surface area contributed by atoms with Crippen molar-refractivity contribution in [1.29, 1.82) is 0 Å². The maximum absolute atomic E-state index is 12.0. The highest BCUT2D eigenvalue weighted by Crippen LogP contribution is 2.40. The molecule has 3 aromatic rings. The summed E-state index contributed by atoms with van der Waals surface area (Å²) in [5.41, 5.74) is 2.56. The van der Waals surface area contributed by atoms with Crippen LogP contribution in [-0.4, -0.2) is 6.73 Å². The van der Waals surface area contributed by atoms with Crippen molar-refractivity contribution in [1.82, 2.24) is 0 Å². The molecule has 0 unspecified atom stereocenters. The topological polar surface area (TPSA) is 42.7 Å². The molecule has 0 bridgehead atoms. The normalized spacial score (nSPS) is 13.6. The summed E-state index contributed by atoms with van der Waals surface area (Å²) in [7, 11) is 0. The van der Waals surface area contributed by atoms with Crippen molar-refractivity contribution >= 4 is 51.5 Å². The molecule has 0 atom stereocenters. The van der Waals surface area contributed by atoms with Crippen LogP contribution < -0.4 is 15.3 Å². The number of anilines is 1. The van der Waals surface area contributed by atoms with Gasteiger partial charge in [-0.05, 0) is 36.2 Å². The number of aryl methyl sites for hydroxylation is 1. The highest BCUT2D eigenvalue weighted by atomic mass is 35.5. The van der Waals surface area contributed by atoms with E-state index < -0.39 is 0 Å². The zero-order valence-corrected chi connectivity index (χ0v) is 16.1. The Morgan fingerprint density at radius 1 is 1.08 bits per heavy atom. The van der Waals surface area contributed by atoms with E-state index in [4.69, 9.17) is 44.0 Å². The zero-order valence-electron chi connectivity index (χ0n) is 13.8. The van der Waals surface area contributed by atoms with Crippen LogP contribution in [0.2, 0.25) is 15.1 Å². The van der Waals surface area contributed by atoms with Crippen molar-refractivity contribution in [2.45, 2.75) is 19.9 Å².